The summed E-state index contributed by atoms with van der Waals surface area (Å²) in [6.45, 7) is 6.35. The van der Waals surface area contributed by atoms with Crippen LogP contribution in [-0.4, -0.2) is 15.7 Å². The van der Waals surface area contributed by atoms with Crippen LogP contribution in [0, 0.1) is 26.6 Å². The zero-order valence-electron chi connectivity index (χ0n) is 12.4. The first kappa shape index (κ1) is 15.0. The van der Waals surface area contributed by atoms with E-state index in [4.69, 9.17) is 5.73 Å². The molecule has 1 aromatic carbocycles. The van der Waals surface area contributed by atoms with Crippen molar-refractivity contribution in [3.8, 4) is 0 Å². The van der Waals surface area contributed by atoms with Gasteiger partial charge in [-0.2, -0.15) is 5.10 Å². The second kappa shape index (κ2) is 5.95. The molecule has 0 aliphatic carbocycles. The lowest BCUT2D eigenvalue weighted by Gasteiger charge is -2.08. The maximum Gasteiger partial charge on any atom is 0.226 e. The number of carbonyl (C=O) groups is 1. The Labute approximate surface area is 123 Å². The van der Waals surface area contributed by atoms with E-state index in [0.717, 1.165) is 17.0 Å². The Morgan fingerprint density at radius 1 is 1.38 bits per heavy atom. The number of amides is 1. The molecule has 6 heteroatoms. The normalized spacial score (nSPS) is 10.7. The Kier molecular flexibility index (Phi) is 4.26. The number of nitrogens with two attached hydrogens (primary N) is 1. The number of benzene rings is 1. The summed E-state index contributed by atoms with van der Waals surface area (Å²) in [5.74, 6) is -0.774. The van der Waals surface area contributed by atoms with Crippen LogP contribution in [0.2, 0.25) is 0 Å². The van der Waals surface area contributed by atoms with Crippen LogP contribution in [0.5, 0.6) is 0 Å². The molecule has 0 saturated carbocycles. The molecule has 0 aliphatic heterocycles. The highest BCUT2D eigenvalue weighted by molar-refractivity contribution is 5.91. The SMILES string of the molecule is Cc1nn(CCC(=O)Nc2cc(N)ccc2F)c(C)c1C. The van der Waals surface area contributed by atoms with Gasteiger partial charge < -0.3 is 11.1 Å². The Balaban J connectivity index is 1.99. The average Bonchev–Trinajstić information content (AvgIpc) is 2.68. The van der Waals surface area contributed by atoms with Gasteiger partial charge in [0.15, 0.2) is 0 Å². The number of halogens is 1. The Hall–Kier alpha value is -2.37. The maximum atomic E-state index is 13.5. The first-order valence-electron chi connectivity index (χ1n) is 6.74. The molecule has 1 amide bonds. The van der Waals surface area contributed by atoms with Crippen molar-refractivity contribution < 1.29 is 9.18 Å². The summed E-state index contributed by atoms with van der Waals surface area (Å²) in [7, 11) is 0. The van der Waals surface area contributed by atoms with Gasteiger partial charge in [0.2, 0.25) is 5.91 Å². The molecular formula is C15H19FN4O. The quantitative estimate of drug-likeness (QED) is 0.850. The Morgan fingerprint density at radius 3 is 2.71 bits per heavy atom. The molecule has 21 heavy (non-hydrogen) atoms. The minimum atomic E-state index is -0.500. The van der Waals surface area contributed by atoms with Gasteiger partial charge in [0.1, 0.15) is 5.82 Å². The number of nitrogen functional groups attached to an aromatic ring is 1. The average molecular weight is 290 g/mol. The molecule has 2 aromatic rings. The number of rotatable bonds is 4. The molecule has 0 spiro atoms. The van der Waals surface area contributed by atoms with E-state index in [-0.39, 0.29) is 18.0 Å². The number of aromatic nitrogens is 2. The van der Waals surface area contributed by atoms with Gasteiger partial charge in [-0.25, -0.2) is 4.39 Å². The smallest absolute Gasteiger partial charge is 0.226 e. The fraction of sp³-hybridized carbons (Fsp3) is 0.333. The van der Waals surface area contributed by atoms with Crippen LogP contribution in [0.3, 0.4) is 0 Å². The minimum absolute atomic E-state index is 0.101. The molecule has 1 heterocycles. The van der Waals surface area contributed by atoms with Crippen molar-refractivity contribution in [3.63, 3.8) is 0 Å². The van der Waals surface area contributed by atoms with Gasteiger partial charge in [-0.05, 0) is 44.5 Å². The van der Waals surface area contributed by atoms with Crippen molar-refractivity contribution in [2.24, 2.45) is 0 Å². The van der Waals surface area contributed by atoms with E-state index in [0.29, 0.717) is 12.2 Å². The number of nitrogens with zero attached hydrogens (tertiary/aromatic N) is 2. The highest BCUT2D eigenvalue weighted by Crippen LogP contribution is 2.18. The third-order valence-electron chi connectivity index (χ3n) is 3.56. The summed E-state index contributed by atoms with van der Waals surface area (Å²) in [5.41, 5.74) is 9.19. The molecule has 0 aliphatic rings. The molecule has 5 nitrogen and oxygen atoms in total. The molecule has 0 saturated heterocycles. The number of carbonyl (C=O) groups excluding carboxylic acids is 1. The number of hydrogen-bond acceptors (Lipinski definition) is 3. The monoisotopic (exact) mass is 290 g/mol. The van der Waals surface area contributed by atoms with Crippen LogP contribution in [0.4, 0.5) is 15.8 Å². The third kappa shape index (κ3) is 3.39. The number of anilines is 2. The second-order valence-electron chi connectivity index (χ2n) is 5.06. The molecular weight excluding hydrogens is 271 g/mol. The third-order valence-corrected chi connectivity index (χ3v) is 3.56. The predicted octanol–water partition coefficient (Wildman–Crippen LogP) is 2.56. The topological polar surface area (TPSA) is 72.9 Å². The van der Waals surface area contributed by atoms with Crippen molar-refractivity contribution in [3.05, 3.63) is 41.0 Å². The predicted molar refractivity (Wildman–Crippen MR) is 80.5 cm³/mol. The molecule has 0 atom stereocenters. The maximum absolute atomic E-state index is 13.5. The number of nitrogens with one attached hydrogen (secondary N) is 1. The lowest BCUT2D eigenvalue weighted by atomic mass is 10.2. The molecule has 0 unspecified atom stereocenters. The fourth-order valence-electron chi connectivity index (χ4n) is 2.06. The van der Waals surface area contributed by atoms with E-state index in [2.05, 4.69) is 10.4 Å². The first-order valence-corrected chi connectivity index (χ1v) is 6.74. The molecule has 0 bridgehead atoms. The van der Waals surface area contributed by atoms with E-state index < -0.39 is 5.82 Å². The summed E-state index contributed by atoms with van der Waals surface area (Å²) < 4.78 is 15.3. The van der Waals surface area contributed by atoms with Gasteiger partial charge in [0.05, 0.1) is 11.4 Å². The zero-order chi connectivity index (χ0) is 15.6. The first-order chi connectivity index (χ1) is 9.88. The van der Waals surface area contributed by atoms with Crippen molar-refractivity contribution >= 4 is 17.3 Å². The number of aryl methyl sites for hydroxylation is 2. The molecule has 2 rings (SSSR count). The summed E-state index contributed by atoms with van der Waals surface area (Å²) in [4.78, 5) is 11.9. The van der Waals surface area contributed by atoms with Gasteiger partial charge in [0, 0.05) is 24.3 Å². The molecule has 0 radical (unpaired) electrons. The van der Waals surface area contributed by atoms with E-state index in [9.17, 15) is 9.18 Å². The summed E-state index contributed by atoms with van der Waals surface area (Å²) >= 11 is 0. The van der Waals surface area contributed by atoms with Crippen molar-refractivity contribution in [2.45, 2.75) is 33.7 Å². The van der Waals surface area contributed by atoms with E-state index in [1.165, 1.54) is 18.2 Å². The van der Waals surface area contributed by atoms with Gasteiger partial charge in [0.25, 0.3) is 0 Å². The van der Waals surface area contributed by atoms with Crippen LogP contribution in [0.25, 0.3) is 0 Å². The van der Waals surface area contributed by atoms with Crippen LogP contribution < -0.4 is 11.1 Å². The van der Waals surface area contributed by atoms with E-state index >= 15 is 0 Å². The lowest BCUT2D eigenvalue weighted by molar-refractivity contribution is -0.116. The van der Waals surface area contributed by atoms with Crippen LogP contribution in [-0.2, 0) is 11.3 Å². The second-order valence-corrected chi connectivity index (χ2v) is 5.06. The van der Waals surface area contributed by atoms with Gasteiger partial charge in [-0.3, -0.25) is 9.48 Å². The Morgan fingerprint density at radius 2 is 2.10 bits per heavy atom. The molecule has 0 fully saturated rings. The van der Waals surface area contributed by atoms with Crippen molar-refractivity contribution in [1.29, 1.82) is 0 Å². The molecule has 112 valence electrons. The highest BCUT2D eigenvalue weighted by atomic mass is 19.1. The Bertz CT molecular complexity index is 679. The molecule has 1 aromatic heterocycles. The zero-order valence-corrected chi connectivity index (χ0v) is 12.4. The highest BCUT2D eigenvalue weighted by Gasteiger charge is 2.11. The van der Waals surface area contributed by atoms with Gasteiger partial charge in [-0.1, -0.05) is 0 Å². The summed E-state index contributed by atoms with van der Waals surface area (Å²) in [6.07, 6.45) is 0.218. The van der Waals surface area contributed by atoms with Crippen LogP contribution in [0.15, 0.2) is 18.2 Å². The lowest BCUT2D eigenvalue weighted by Crippen LogP contribution is -2.16. The van der Waals surface area contributed by atoms with Gasteiger partial charge >= 0.3 is 0 Å². The van der Waals surface area contributed by atoms with Crippen molar-refractivity contribution in [1.82, 2.24) is 9.78 Å². The largest absolute Gasteiger partial charge is 0.399 e. The fourth-order valence-corrected chi connectivity index (χ4v) is 2.06. The standard InChI is InChI=1S/C15H19FN4O/c1-9-10(2)19-20(11(9)3)7-6-15(21)18-14-8-12(17)4-5-13(14)16/h4-5,8H,6-7,17H2,1-3H3,(H,18,21). The van der Waals surface area contributed by atoms with E-state index in [1.54, 1.807) is 4.68 Å². The van der Waals surface area contributed by atoms with Crippen LogP contribution >= 0.6 is 0 Å². The molecule has 3 N–H and O–H groups in total. The minimum Gasteiger partial charge on any atom is -0.399 e. The van der Waals surface area contributed by atoms with Gasteiger partial charge in [-0.15, -0.1) is 0 Å². The van der Waals surface area contributed by atoms with Crippen LogP contribution in [0.1, 0.15) is 23.4 Å². The number of hydrogen-bond donors (Lipinski definition) is 2. The van der Waals surface area contributed by atoms with Crippen molar-refractivity contribution in [2.75, 3.05) is 11.1 Å². The summed E-state index contributed by atoms with van der Waals surface area (Å²) in [5, 5.41) is 6.89. The van der Waals surface area contributed by atoms with E-state index in [1.807, 2.05) is 20.8 Å². The summed E-state index contributed by atoms with van der Waals surface area (Å²) in [6, 6.07) is 4.08.